The predicted molar refractivity (Wildman–Crippen MR) is 85.1 cm³/mol. The average Bonchev–Trinajstić information content (AvgIpc) is 2.54. The topological polar surface area (TPSA) is 42.7 Å². The van der Waals surface area contributed by atoms with Gasteiger partial charge in [-0.2, -0.15) is 0 Å². The summed E-state index contributed by atoms with van der Waals surface area (Å²) in [6, 6.07) is 10.5. The lowest BCUT2D eigenvalue weighted by Crippen LogP contribution is -2.27. The molecule has 0 saturated carbocycles. The van der Waals surface area contributed by atoms with Crippen molar-refractivity contribution in [1.29, 1.82) is 0 Å². The average molecular weight is 299 g/mol. The number of hydrogen-bond donors (Lipinski definition) is 0. The van der Waals surface area contributed by atoms with Gasteiger partial charge in [-0.25, -0.2) is 0 Å². The Morgan fingerprint density at radius 3 is 2.95 bits per heavy atom. The van der Waals surface area contributed by atoms with Crippen molar-refractivity contribution in [2.24, 2.45) is 0 Å². The van der Waals surface area contributed by atoms with E-state index in [0.29, 0.717) is 18.3 Å². The molecule has 0 unspecified atom stereocenters. The Kier molecular flexibility index (Phi) is 4.29. The van der Waals surface area contributed by atoms with E-state index in [1.165, 1.54) is 37.0 Å². The highest BCUT2D eigenvalue weighted by Gasteiger charge is 2.23. The van der Waals surface area contributed by atoms with Gasteiger partial charge in [-0.15, -0.1) is 0 Å². The Morgan fingerprint density at radius 2 is 2.18 bits per heavy atom. The second-order valence-corrected chi connectivity index (χ2v) is 5.80. The largest absolute Gasteiger partial charge is 0.490 e. The van der Waals surface area contributed by atoms with E-state index in [2.05, 4.69) is 36.2 Å². The van der Waals surface area contributed by atoms with Crippen molar-refractivity contribution in [2.45, 2.75) is 31.8 Å². The molecule has 0 bridgehead atoms. The molecule has 2 aromatic rings. The van der Waals surface area contributed by atoms with E-state index < -0.39 is 0 Å². The summed E-state index contributed by atoms with van der Waals surface area (Å²) in [7, 11) is 3.55. The van der Waals surface area contributed by atoms with Crippen LogP contribution in [0.2, 0.25) is 0 Å². The summed E-state index contributed by atoms with van der Waals surface area (Å²) >= 11 is 0. The van der Waals surface area contributed by atoms with E-state index >= 15 is 0 Å². The standard InChI is InChI=1S/C18H21NO3/c1-19(11-14-10-17(20)18(21-2)12-22-14)16-9-5-7-13-6-3-4-8-15(13)16/h3-4,6,8,10,12,16H,5,7,9,11H2,1-2H3/t16-/m1/s1. The number of aryl methyl sites for hydroxylation is 1. The molecular weight excluding hydrogens is 278 g/mol. The summed E-state index contributed by atoms with van der Waals surface area (Å²) in [6.45, 7) is 0.609. The van der Waals surface area contributed by atoms with Gasteiger partial charge in [0.25, 0.3) is 0 Å². The normalized spacial score (nSPS) is 17.3. The number of methoxy groups -OCH3 is 1. The Bertz CT molecular complexity index is 707. The van der Waals surface area contributed by atoms with Crippen molar-refractivity contribution >= 4 is 0 Å². The molecule has 0 fully saturated rings. The third kappa shape index (κ3) is 2.92. The van der Waals surface area contributed by atoms with Crippen molar-refractivity contribution in [3.05, 3.63) is 63.7 Å². The molecule has 116 valence electrons. The molecule has 0 N–H and O–H groups in total. The fourth-order valence-electron chi connectivity index (χ4n) is 3.21. The van der Waals surface area contributed by atoms with Crippen LogP contribution in [0.1, 0.15) is 35.8 Å². The molecule has 1 heterocycles. The fourth-order valence-corrected chi connectivity index (χ4v) is 3.21. The van der Waals surface area contributed by atoms with E-state index in [1.807, 2.05) is 0 Å². The third-order valence-electron chi connectivity index (χ3n) is 4.35. The van der Waals surface area contributed by atoms with E-state index in [1.54, 1.807) is 0 Å². The van der Waals surface area contributed by atoms with Gasteiger partial charge in [-0.3, -0.25) is 9.69 Å². The second-order valence-electron chi connectivity index (χ2n) is 5.80. The highest BCUT2D eigenvalue weighted by molar-refractivity contribution is 5.32. The summed E-state index contributed by atoms with van der Waals surface area (Å²) in [6.07, 6.45) is 4.87. The number of nitrogens with zero attached hydrogens (tertiary/aromatic N) is 1. The minimum Gasteiger partial charge on any atom is -0.490 e. The van der Waals surface area contributed by atoms with Gasteiger partial charge in [0, 0.05) is 12.1 Å². The molecule has 1 aromatic carbocycles. The van der Waals surface area contributed by atoms with Crippen LogP contribution in [0.25, 0.3) is 0 Å². The first-order valence-electron chi connectivity index (χ1n) is 7.63. The Morgan fingerprint density at radius 1 is 1.36 bits per heavy atom. The Hall–Kier alpha value is -2.07. The lowest BCUT2D eigenvalue weighted by atomic mass is 9.87. The lowest BCUT2D eigenvalue weighted by molar-refractivity contribution is 0.195. The third-order valence-corrected chi connectivity index (χ3v) is 4.35. The van der Waals surface area contributed by atoms with Gasteiger partial charge in [-0.05, 0) is 37.4 Å². The first kappa shape index (κ1) is 14.9. The molecule has 0 aliphatic heterocycles. The van der Waals surface area contributed by atoms with Crippen LogP contribution in [0, 0.1) is 0 Å². The minimum absolute atomic E-state index is 0.138. The molecule has 0 amide bonds. The fraction of sp³-hybridized carbons (Fsp3) is 0.389. The van der Waals surface area contributed by atoms with Gasteiger partial charge in [0.15, 0.2) is 0 Å². The van der Waals surface area contributed by atoms with Crippen molar-refractivity contribution in [2.75, 3.05) is 14.2 Å². The first-order chi connectivity index (χ1) is 10.7. The SMILES string of the molecule is COc1coc(CN(C)[C@@H]2CCCc3ccccc32)cc1=O. The molecular formula is C18H21NO3. The van der Waals surface area contributed by atoms with Gasteiger partial charge in [0.1, 0.15) is 12.0 Å². The van der Waals surface area contributed by atoms with Gasteiger partial charge < -0.3 is 9.15 Å². The maximum atomic E-state index is 11.8. The van der Waals surface area contributed by atoms with Crippen LogP contribution < -0.4 is 10.2 Å². The van der Waals surface area contributed by atoms with E-state index in [0.717, 1.165) is 12.8 Å². The quantitative estimate of drug-likeness (QED) is 0.870. The molecule has 0 spiro atoms. The monoisotopic (exact) mass is 299 g/mol. The molecule has 1 aliphatic rings. The van der Waals surface area contributed by atoms with E-state index in [-0.39, 0.29) is 11.2 Å². The second kappa shape index (κ2) is 6.36. The first-order valence-corrected chi connectivity index (χ1v) is 7.63. The highest BCUT2D eigenvalue weighted by Crippen LogP contribution is 2.34. The maximum Gasteiger partial charge on any atom is 0.227 e. The van der Waals surface area contributed by atoms with E-state index in [4.69, 9.17) is 9.15 Å². The molecule has 22 heavy (non-hydrogen) atoms. The zero-order chi connectivity index (χ0) is 15.5. The number of fused-ring (bicyclic) bond motifs is 1. The number of rotatable bonds is 4. The van der Waals surface area contributed by atoms with Crippen LogP contribution >= 0.6 is 0 Å². The number of ether oxygens (including phenoxy) is 1. The lowest BCUT2D eigenvalue weighted by Gasteiger charge is -2.32. The molecule has 1 atom stereocenters. The molecule has 4 heteroatoms. The summed E-state index contributed by atoms with van der Waals surface area (Å²) in [5.74, 6) is 0.908. The smallest absolute Gasteiger partial charge is 0.227 e. The summed E-state index contributed by atoms with van der Waals surface area (Å²) < 4.78 is 10.5. The molecule has 4 nitrogen and oxygen atoms in total. The molecule has 3 rings (SSSR count). The Balaban J connectivity index is 1.79. The molecule has 1 aliphatic carbocycles. The van der Waals surface area contributed by atoms with Crippen molar-refractivity contribution in [3.8, 4) is 5.75 Å². The van der Waals surface area contributed by atoms with Crippen LogP contribution in [0.3, 0.4) is 0 Å². The summed E-state index contributed by atoms with van der Waals surface area (Å²) in [4.78, 5) is 14.1. The van der Waals surface area contributed by atoms with Crippen molar-refractivity contribution < 1.29 is 9.15 Å². The van der Waals surface area contributed by atoms with Crippen molar-refractivity contribution in [1.82, 2.24) is 4.90 Å². The molecule has 0 saturated heterocycles. The maximum absolute atomic E-state index is 11.8. The van der Waals surface area contributed by atoms with Gasteiger partial charge in [0.2, 0.25) is 11.2 Å². The number of hydrogen-bond acceptors (Lipinski definition) is 4. The van der Waals surface area contributed by atoms with Crippen molar-refractivity contribution in [3.63, 3.8) is 0 Å². The van der Waals surface area contributed by atoms with Gasteiger partial charge in [-0.1, -0.05) is 24.3 Å². The van der Waals surface area contributed by atoms with Crippen LogP contribution in [0.4, 0.5) is 0 Å². The van der Waals surface area contributed by atoms with Crippen LogP contribution in [-0.4, -0.2) is 19.1 Å². The zero-order valence-electron chi connectivity index (χ0n) is 13.0. The molecule has 0 radical (unpaired) electrons. The van der Waals surface area contributed by atoms with Gasteiger partial charge >= 0.3 is 0 Å². The Labute approximate surface area is 130 Å². The number of benzene rings is 1. The molecule has 1 aromatic heterocycles. The van der Waals surface area contributed by atoms with Crippen LogP contribution in [-0.2, 0) is 13.0 Å². The highest BCUT2D eigenvalue weighted by atomic mass is 16.5. The van der Waals surface area contributed by atoms with Crippen LogP contribution in [0.5, 0.6) is 5.75 Å². The summed E-state index contributed by atoms with van der Waals surface area (Å²) in [5, 5.41) is 0. The predicted octanol–water partition coefficient (Wildman–Crippen LogP) is 3.16. The van der Waals surface area contributed by atoms with Crippen LogP contribution in [0.15, 0.2) is 45.8 Å². The summed E-state index contributed by atoms with van der Waals surface area (Å²) in [5.41, 5.74) is 2.69. The zero-order valence-corrected chi connectivity index (χ0v) is 13.0. The minimum atomic E-state index is -0.138. The van der Waals surface area contributed by atoms with Gasteiger partial charge in [0.05, 0.1) is 13.7 Å². The van der Waals surface area contributed by atoms with E-state index in [9.17, 15) is 4.79 Å².